The summed E-state index contributed by atoms with van der Waals surface area (Å²) in [6.45, 7) is 0.595. The number of H-pyrrole nitrogens is 2. The van der Waals surface area contributed by atoms with Crippen molar-refractivity contribution < 1.29 is 9.07 Å². The van der Waals surface area contributed by atoms with E-state index in [-0.39, 0.29) is 10.2 Å². The fourth-order valence-electron chi connectivity index (χ4n) is 4.40. The standard InChI is InChI=1S/C21H15N3O.3H2/c25-21-18-13(10-22-21)16-11-6-2-1-3-8-14(11)23-19(16)20-17(18)12-7-4-5-9-15(12)24-20;;;/h1-5,7-9,23-24H,6,10H2,(H,22,25);3*1H. The van der Waals surface area contributed by atoms with Gasteiger partial charge in [-0.3, -0.25) is 4.79 Å². The molecule has 4 heteroatoms. The second kappa shape index (κ2) is 4.42. The number of carbonyl (C=O) groups is 1. The van der Waals surface area contributed by atoms with Crippen molar-refractivity contribution in [2.45, 2.75) is 13.0 Å². The lowest BCUT2D eigenvalue weighted by molar-refractivity contribution is 0.0967. The van der Waals surface area contributed by atoms with Crippen molar-refractivity contribution in [3.05, 3.63) is 64.9 Å². The van der Waals surface area contributed by atoms with Gasteiger partial charge in [0, 0.05) is 38.2 Å². The predicted molar refractivity (Wildman–Crippen MR) is 107 cm³/mol. The van der Waals surface area contributed by atoms with E-state index in [9.17, 15) is 4.79 Å². The first kappa shape index (κ1) is 13.1. The van der Waals surface area contributed by atoms with Crippen molar-refractivity contribution in [1.29, 1.82) is 0 Å². The van der Waals surface area contributed by atoms with Crippen LogP contribution in [0, 0.1) is 0 Å². The molecule has 2 aromatic carbocycles. The molecule has 0 bridgehead atoms. The monoisotopic (exact) mass is 331 g/mol. The zero-order valence-corrected chi connectivity index (χ0v) is 13.4. The minimum atomic E-state index is 0. The van der Waals surface area contributed by atoms with Crippen molar-refractivity contribution in [3.8, 4) is 0 Å². The number of rotatable bonds is 0. The number of fused-ring (bicyclic) bond motifs is 10. The average molecular weight is 331 g/mol. The van der Waals surface area contributed by atoms with Crippen molar-refractivity contribution in [2.24, 2.45) is 0 Å². The van der Waals surface area contributed by atoms with Crippen LogP contribution in [-0.4, -0.2) is 15.9 Å². The van der Waals surface area contributed by atoms with E-state index in [0.29, 0.717) is 6.54 Å². The number of aromatic nitrogens is 2. The molecule has 0 atom stereocenters. The molecule has 2 aromatic heterocycles. The molecule has 1 aliphatic carbocycles. The molecule has 25 heavy (non-hydrogen) atoms. The molecular weight excluding hydrogens is 310 g/mol. The third-order valence-electron chi connectivity index (χ3n) is 5.43. The molecule has 2 aliphatic rings. The Morgan fingerprint density at radius 2 is 1.84 bits per heavy atom. The highest BCUT2D eigenvalue weighted by atomic mass is 16.1. The number of hydrogen-bond donors (Lipinski definition) is 3. The van der Waals surface area contributed by atoms with Crippen molar-refractivity contribution in [2.75, 3.05) is 0 Å². The topological polar surface area (TPSA) is 60.7 Å². The van der Waals surface area contributed by atoms with Gasteiger partial charge in [-0.05, 0) is 29.7 Å². The smallest absolute Gasteiger partial charge is 0.252 e. The van der Waals surface area contributed by atoms with E-state index >= 15 is 0 Å². The van der Waals surface area contributed by atoms with Crippen LogP contribution in [0.15, 0.2) is 42.5 Å². The molecule has 3 N–H and O–H groups in total. The lowest BCUT2D eigenvalue weighted by Crippen LogP contribution is -2.12. The van der Waals surface area contributed by atoms with E-state index in [1.807, 2.05) is 12.1 Å². The molecule has 1 amide bonds. The molecule has 0 unspecified atom stereocenters. The van der Waals surface area contributed by atoms with E-state index < -0.39 is 0 Å². The van der Waals surface area contributed by atoms with Crippen LogP contribution in [0.3, 0.4) is 0 Å². The molecule has 0 saturated carbocycles. The van der Waals surface area contributed by atoms with Gasteiger partial charge in [0.15, 0.2) is 0 Å². The first-order valence-corrected chi connectivity index (χ1v) is 8.54. The van der Waals surface area contributed by atoms with E-state index in [1.54, 1.807) is 0 Å². The van der Waals surface area contributed by atoms with Crippen LogP contribution in [0.5, 0.6) is 0 Å². The van der Waals surface area contributed by atoms with E-state index in [0.717, 1.165) is 50.6 Å². The van der Waals surface area contributed by atoms with Crippen molar-refractivity contribution in [3.63, 3.8) is 0 Å². The van der Waals surface area contributed by atoms with Crippen LogP contribution >= 0.6 is 0 Å². The van der Waals surface area contributed by atoms with Gasteiger partial charge >= 0.3 is 0 Å². The maximum atomic E-state index is 12.7. The van der Waals surface area contributed by atoms with Gasteiger partial charge in [-0.2, -0.15) is 0 Å². The number of allylic oxidation sites excluding steroid dienone is 3. The Labute approximate surface area is 147 Å². The molecule has 0 spiro atoms. The quantitative estimate of drug-likeness (QED) is 0.421. The maximum Gasteiger partial charge on any atom is 0.252 e. The van der Waals surface area contributed by atoms with Crippen LogP contribution in [0.2, 0.25) is 0 Å². The third-order valence-corrected chi connectivity index (χ3v) is 5.43. The number of para-hydroxylation sites is 1. The molecular formula is C21H21N3O. The molecule has 6 rings (SSSR count). The molecule has 3 heterocycles. The van der Waals surface area contributed by atoms with Gasteiger partial charge in [0.05, 0.1) is 16.6 Å². The lowest BCUT2D eigenvalue weighted by atomic mass is 9.95. The van der Waals surface area contributed by atoms with Crippen LogP contribution < -0.4 is 5.32 Å². The van der Waals surface area contributed by atoms with Crippen molar-refractivity contribution >= 4 is 44.7 Å². The summed E-state index contributed by atoms with van der Waals surface area (Å²) in [6, 6.07) is 8.20. The second-order valence-corrected chi connectivity index (χ2v) is 6.72. The number of hydrogen-bond acceptors (Lipinski definition) is 1. The Morgan fingerprint density at radius 1 is 0.960 bits per heavy atom. The largest absolute Gasteiger partial charge is 0.353 e. The summed E-state index contributed by atoms with van der Waals surface area (Å²) in [4.78, 5) is 19.8. The summed E-state index contributed by atoms with van der Waals surface area (Å²) in [5.41, 5.74) is 7.55. The van der Waals surface area contributed by atoms with E-state index in [2.05, 4.69) is 51.7 Å². The lowest BCUT2D eigenvalue weighted by Gasteiger charge is -2.05. The molecule has 126 valence electrons. The fourth-order valence-corrected chi connectivity index (χ4v) is 4.40. The van der Waals surface area contributed by atoms with Crippen LogP contribution in [0.25, 0.3) is 38.8 Å². The number of nitrogens with one attached hydrogen (secondary N) is 3. The van der Waals surface area contributed by atoms with Crippen molar-refractivity contribution in [1.82, 2.24) is 15.3 Å². The molecule has 1 aliphatic heterocycles. The summed E-state index contributed by atoms with van der Waals surface area (Å²) < 4.78 is 0. The van der Waals surface area contributed by atoms with Gasteiger partial charge < -0.3 is 15.3 Å². The Bertz CT molecular complexity index is 1300. The molecule has 0 saturated heterocycles. The number of amides is 1. The minimum Gasteiger partial charge on any atom is -0.353 e. The SMILES string of the molecule is O=C1NCc2c1c1c3ccccc3[nH]c1c1[nH]c3c(c21)CC=CC=C3.[HH].[HH].[HH]. The summed E-state index contributed by atoms with van der Waals surface area (Å²) >= 11 is 0. The number of carbonyl (C=O) groups excluding carboxylic acids is 1. The van der Waals surface area contributed by atoms with Gasteiger partial charge in [-0.1, -0.05) is 36.4 Å². The average Bonchev–Trinajstić information content (AvgIpc) is 3.23. The molecule has 4 nitrogen and oxygen atoms in total. The summed E-state index contributed by atoms with van der Waals surface area (Å²) in [6.07, 6.45) is 9.29. The van der Waals surface area contributed by atoms with Gasteiger partial charge in [0.25, 0.3) is 5.91 Å². The van der Waals surface area contributed by atoms with E-state index in [4.69, 9.17) is 0 Å². The Balaban J connectivity index is 0.000000750. The fraction of sp³-hybridized carbons (Fsp3) is 0.0952. The van der Waals surface area contributed by atoms with Gasteiger partial charge in [0.2, 0.25) is 0 Å². The molecule has 0 fully saturated rings. The third kappa shape index (κ3) is 1.54. The Kier molecular flexibility index (Phi) is 2.31. The summed E-state index contributed by atoms with van der Waals surface area (Å²) in [5.74, 6) is 0.0290. The van der Waals surface area contributed by atoms with Crippen LogP contribution in [0.1, 0.15) is 31.5 Å². The highest BCUT2D eigenvalue weighted by Crippen LogP contribution is 2.41. The first-order valence-electron chi connectivity index (χ1n) is 8.54. The van der Waals surface area contributed by atoms with Gasteiger partial charge in [0.1, 0.15) is 0 Å². The second-order valence-electron chi connectivity index (χ2n) is 6.72. The highest BCUT2D eigenvalue weighted by Gasteiger charge is 2.30. The van der Waals surface area contributed by atoms with Gasteiger partial charge in [-0.25, -0.2) is 0 Å². The Hall–Kier alpha value is -3.27. The van der Waals surface area contributed by atoms with Crippen LogP contribution in [-0.2, 0) is 13.0 Å². The molecule has 0 radical (unpaired) electrons. The zero-order chi connectivity index (χ0) is 16.5. The summed E-state index contributed by atoms with van der Waals surface area (Å²) in [7, 11) is 0. The minimum absolute atomic E-state index is 0. The van der Waals surface area contributed by atoms with Gasteiger partial charge in [-0.15, -0.1) is 0 Å². The maximum absolute atomic E-state index is 12.7. The van der Waals surface area contributed by atoms with Crippen LogP contribution in [0.4, 0.5) is 0 Å². The summed E-state index contributed by atoms with van der Waals surface area (Å²) in [5, 5.41) is 6.36. The Morgan fingerprint density at radius 3 is 2.80 bits per heavy atom. The van der Waals surface area contributed by atoms with E-state index in [1.165, 1.54) is 10.9 Å². The number of aromatic amines is 2. The zero-order valence-electron chi connectivity index (χ0n) is 13.4. The normalized spacial score (nSPS) is 15.8. The molecule has 4 aromatic rings. The predicted octanol–water partition coefficient (Wildman–Crippen LogP) is 4.91. The number of benzene rings is 2. The highest BCUT2D eigenvalue weighted by molar-refractivity contribution is 6.27. The first-order chi connectivity index (χ1) is 12.3.